The first kappa shape index (κ1) is 33.2. The number of β-lactam (4-membered cyclic amide) rings is 1. The zero-order chi connectivity index (χ0) is 31.6. The molecule has 1 saturated heterocycles. The van der Waals surface area contributed by atoms with Gasteiger partial charge >= 0.3 is 12.1 Å². The van der Waals surface area contributed by atoms with Crippen molar-refractivity contribution in [3.8, 4) is 0 Å². The van der Waals surface area contributed by atoms with E-state index in [-0.39, 0.29) is 23.6 Å². The van der Waals surface area contributed by atoms with Crippen LogP contribution in [0.3, 0.4) is 0 Å². The minimum atomic E-state index is -3.62. The van der Waals surface area contributed by atoms with Crippen molar-refractivity contribution in [3.05, 3.63) is 41.1 Å². The molecule has 2 aliphatic heterocycles. The number of fused-ring (bicyclic) bond motifs is 1. The Kier molecular flexibility index (Phi) is 9.89. The minimum Gasteiger partial charge on any atom is -0.455 e. The molecule has 0 aromatic heterocycles. The second-order valence-corrected chi connectivity index (χ2v) is 14.7. The standard InChI is InChI=1S/C27H38N4O9S2/c1-26(2,3)39-24(34)20-16(13-38-7)14-41-23-19(22(33)31(20)23)28-21(32)18(29-25(35)40-27(4,5)6)15-10-9-11-17(12-15)30-42(8,36)37/h9-12,18-19,23,30H,13-14H2,1-8H3,(H,28,32)(H,29,35)/t18-,19?,23+/m1/s1. The van der Waals surface area contributed by atoms with Gasteiger partial charge in [-0.05, 0) is 64.8 Å². The van der Waals surface area contributed by atoms with E-state index < -0.39 is 62.6 Å². The molecule has 0 aliphatic carbocycles. The number of anilines is 1. The third-order valence-electron chi connectivity index (χ3n) is 5.70. The van der Waals surface area contributed by atoms with E-state index >= 15 is 0 Å². The summed E-state index contributed by atoms with van der Waals surface area (Å²) in [5, 5.41) is 4.60. The highest BCUT2D eigenvalue weighted by Gasteiger charge is 2.55. The largest absolute Gasteiger partial charge is 0.455 e. The number of hydrogen-bond acceptors (Lipinski definition) is 10. The van der Waals surface area contributed by atoms with Gasteiger partial charge in [-0.15, -0.1) is 11.8 Å². The second kappa shape index (κ2) is 12.5. The highest BCUT2D eigenvalue weighted by Crippen LogP contribution is 2.41. The average molecular weight is 627 g/mol. The molecule has 2 heterocycles. The monoisotopic (exact) mass is 626 g/mol. The Morgan fingerprint density at radius 1 is 1.10 bits per heavy atom. The summed E-state index contributed by atoms with van der Waals surface area (Å²) in [5.74, 6) is -1.57. The highest BCUT2D eigenvalue weighted by molar-refractivity contribution is 8.00. The van der Waals surface area contributed by atoms with Crippen molar-refractivity contribution >= 4 is 51.3 Å². The van der Waals surface area contributed by atoms with E-state index in [0.29, 0.717) is 11.3 Å². The van der Waals surface area contributed by atoms with Crippen molar-refractivity contribution in [2.45, 2.75) is 70.2 Å². The fraction of sp³-hybridized carbons (Fsp3) is 0.556. The SMILES string of the molecule is COCC1=C(C(=O)OC(C)(C)C)N2C(=O)C(NC(=O)[C@H](NC(=O)OC(C)(C)C)c3cccc(NS(C)(=O)=O)c3)[C@@H]2SC1. The molecular weight excluding hydrogens is 588 g/mol. The summed E-state index contributed by atoms with van der Waals surface area (Å²) in [7, 11) is -2.14. The van der Waals surface area contributed by atoms with Gasteiger partial charge in [0.2, 0.25) is 15.9 Å². The number of alkyl carbamates (subject to hydrolysis) is 1. The molecule has 1 aromatic carbocycles. The van der Waals surface area contributed by atoms with Crippen LogP contribution in [0.25, 0.3) is 0 Å². The van der Waals surface area contributed by atoms with E-state index in [1.54, 1.807) is 41.5 Å². The number of nitrogens with zero attached hydrogens (tertiary/aromatic N) is 1. The van der Waals surface area contributed by atoms with Gasteiger partial charge in [-0.25, -0.2) is 18.0 Å². The fourth-order valence-corrected chi connectivity index (χ4v) is 6.12. The topological polar surface area (TPSA) is 169 Å². The van der Waals surface area contributed by atoms with Gasteiger partial charge in [0, 0.05) is 18.6 Å². The van der Waals surface area contributed by atoms with E-state index in [4.69, 9.17) is 14.2 Å². The first-order valence-electron chi connectivity index (χ1n) is 13.1. The molecule has 0 saturated carbocycles. The number of thioether (sulfide) groups is 1. The molecule has 42 heavy (non-hydrogen) atoms. The number of esters is 1. The molecule has 13 nitrogen and oxygen atoms in total. The van der Waals surface area contributed by atoms with Crippen LogP contribution in [-0.2, 0) is 38.6 Å². The smallest absolute Gasteiger partial charge is 0.408 e. The van der Waals surface area contributed by atoms with Crippen LogP contribution in [0.5, 0.6) is 0 Å². The third kappa shape index (κ3) is 8.61. The van der Waals surface area contributed by atoms with Crippen molar-refractivity contribution in [2.75, 3.05) is 30.4 Å². The summed E-state index contributed by atoms with van der Waals surface area (Å²) in [4.78, 5) is 54.0. The third-order valence-corrected chi connectivity index (χ3v) is 7.65. The Morgan fingerprint density at radius 3 is 2.31 bits per heavy atom. The highest BCUT2D eigenvalue weighted by atomic mass is 32.2. The van der Waals surface area contributed by atoms with Crippen LogP contribution >= 0.6 is 11.8 Å². The molecular formula is C27H38N4O9S2. The van der Waals surface area contributed by atoms with Crippen LogP contribution in [-0.4, -0.2) is 85.5 Å². The van der Waals surface area contributed by atoms with E-state index in [1.807, 2.05) is 0 Å². The zero-order valence-corrected chi connectivity index (χ0v) is 26.5. The lowest BCUT2D eigenvalue weighted by molar-refractivity contribution is -0.159. The van der Waals surface area contributed by atoms with Crippen LogP contribution < -0.4 is 15.4 Å². The van der Waals surface area contributed by atoms with Crippen molar-refractivity contribution in [1.29, 1.82) is 0 Å². The molecule has 1 aromatic rings. The van der Waals surface area contributed by atoms with Crippen LogP contribution in [0.2, 0.25) is 0 Å². The number of hydrogen-bond donors (Lipinski definition) is 3. The van der Waals surface area contributed by atoms with Crippen LogP contribution in [0.15, 0.2) is 35.5 Å². The lowest BCUT2D eigenvalue weighted by Gasteiger charge is -2.50. The van der Waals surface area contributed by atoms with Gasteiger partial charge in [0.05, 0.1) is 12.9 Å². The Labute approximate surface area is 250 Å². The summed E-state index contributed by atoms with van der Waals surface area (Å²) in [6, 6.07) is 3.57. The normalized spacial score (nSPS) is 19.7. The number of nitrogens with one attached hydrogen (secondary N) is 3. The first-order valence-corrected chi connectivity index (χ1v) is 16.0. The molecule has 0 radical (unpaired) electrons. The summed E-state index contributed by atoms with van der Waals surface area (Å²) in [6.07, 6.45) is 0.0912. The van der Waals surface area contributed by atoms with Gasteiger partial charge in [-0.2, -0.15) is 0 Å². The van der Waals surface area contributed by atoms with Crippen molar-refractivity contribution in [2.24, 2.45) is 0 Å². The number of amides is 3. The van der Waals surface area contributed by atoms with Crippen LogP contribution in [0.4, 0.5) is 10.5 Å². The maximum absolute atomic E-state index is 13.6. The zero-order valence-electron chi connectivity index (χ0n) is 24.9. The number of rotatable bonds is 9. The fourth-order valence-electron chi connectivity index (χ4n) is 4.24. The number of benzene rings is 1. The number of methoxy groups -OCH3 is 1. The average Bonchev–Trinajstić information content (AvgIpc) is 2.82. The summed E-state index contributed by atoms with van der Waals surface area (Å²) in [6.45, 7) is 10.3. The molecule has 2 aliphatic rings. The second-order valence-electron chi connectivity index (χ2n) is 11.9. The Balaban J connectivity index is 1.88. The Bertz CT molecular complexity index is 1380. The van der Waals surface area contributed by atoms with Gasteiger partial charge < -0.3 is 24.8 Å². The van der Waals surface area contributed by atoms with E-state index in [9.17, 15) is 27.6 Å². The quantitative estimate of drug-likeness (QED) is 0.273. The Hall–Kier alpha value is -3.30. The van der Waals surface area contributed by atoms with Gasteiger partial charge in [-0.3, -0.25) is 19.2 Å². The molecule has 3 atom stereocenters. The first-order chi connectivity index (χ1) is 19.3. The maximum Gasteiger partial charge on any atom is 0.408 e. The summed E-state index contributed by atoms with van der Waals surface area (Å²) in [5.41, 5.74) is -0.572. The van der Waals surface area contributed by atoms with Crippen molar-refractivity contribution in [1.82, 2.24) is 15.5 Å². The maximum atomic E-state index is 13.6. The van der Waals surface area contributed by atoms with E-state index in [0.717, 1.165) is 6.26 Å². The van der Waals surface area contributed by atoms with Crippen molar-refractivity contribution < 1.29 is 41.8 Å². The van der Waals surface area contributed by atoms with Gasteiger partial charge in [0.15, 0.2) is 0 Å². The minimum absolute atomic E-state index is 0.0917. The molecule has 0 bridgehead atoms. The molecule has 3 amide bonds. The number of ether oxygens (including phenoxy) is 3. The predicted octanol–water partition coefficient (Wildman–Crippen LogP) is 2.27. The van der Waals surface area contributed by atoms with Crippen molar-refractivity contribution in [3.63, 3.8) is 0 Å². The Morgan fingerprint density at radius 2 is 1.74 bits per heavy atom. The number of sulfonamides is 1. The number of carbonyl (C=O) groups excluding carboxylic acids is 4. The predicted molar refractivity (Wildman–Crippen MR) is 157 cm³/mol. The molecule has 1 fully saturated rings. The lowest BCUT2D eigenvalue weighted by atomic mass is 10.0. The molecule has 1 unspecified atom stereocenters. The summed E-state index contributed by atoms with van der Waals surface area (Å²) < 4.78 is 42.0. The molecule has 0 spiro atoms. The molecule has 232 valence electrons. The van der Waals surface area contributed by atoms with Gasteiger partial charge in [0.1, 0.15) is 34.4 Å². The van der Waals surface area contributed by atoms with Crippen LogP contribution in [0.1, 0.15) is 53.1 Å². The van der Waals surface area contributed by atoms with Crippen LogP contribution in [0, 0.1) is 0 Å². The molecule has 3 rings (SSSR count). The van der Waals surface area contributed by atoms with E-state index in [2.05, 4.69) is 15.4 Å². The van der Waals surface area contributed by atoms with Gasteiger partial charge in [0.25, 0.3) is 5.91 Å². The van der Waals surface area contributed by atoms with E-state index in [1.165, 1.54) is 48.0 Å². The number of carbonyl (C=O) groups is 4. The molecule has 15 heteroatoms. The molecule has 3 N–H and O–H groups in total. The lowest BCUT2D eigenvalue weighted by Crippen LogP contribution is -2.71. The summed E-state index contributed by atoms with van der Waals surface area (Å²) >= 11 is 1.35. The van der Waals surface area contributed by atoms with Gasteiger partial charge in [-0.1, -0.05) is 12.1 Å².